The fourth-order valence-corrected chi connectivity index (χ4v) is 3.40. The predicted molar refractivity (Wildman–Crippen MR) is 64.9 cm³/mol. The Labute approximate surface area is 95.5 Å². The largest absolute Gasteiger partial charge is 0.389 e. The van der Waals surface area contributed by atoms with Crippen LogP contribution in [0.25, 0.3) is 10.1 Å². The monoisotopic (exact) mass is 270 g/mol. The van der Waals surface area contributed by atoms with Crippen LogP contribution in [0.1, 0.15) is 23.5 Å². The molecule has 3 heteroatoms. The maximum absolute atomic E-state index is 9.61. The van der Waals surface area contributed by atoms with Crippen molar-refractivity contribution in [3.63, 3.8) is 0 Å². The quantitative estimate of drug-likeness (QED) is 0.830. The van der Waals surface area contributed by atoms with Crippen molar-refractivity contribution in [1.29, 1.82) is 0 Å². The van der Waals surface area contributed by atoms with Gasteiger partial charge in [0.1, 0.15) is 0 Å². The Morgan fingerprint density at radius 2 is 2.14 bits per heavy atom. The lowest BCUT2D eigenvalue weighted by atomic mass is 10.1. The van der Waals surface area contributed by atoms with Crippen LogP contribution in [-0.2, 0) is 0 Å². The van der Waals surface area contributed by atoms with Crippen molar-refractivity contribution in [1.82, 2.24) is 0 Å². The van der Waals surface area contributed by atoms with Crippen LogP contribution in [0.2, 0.25) is 0 Å². The first-order valence-corrected chi connectivity index (χ1v) is 6.07. The van der Waals surface area contributed by atoms with Crippen molar-refractivity contribution >= 4 is 37.4 Å². The van der Waals surface area contributed by atoms with Crippen LogP contribution in [0.3, 0.4) is 0 Å². The van der Waals surface area contributed by atoms with Gasteiger partial charge in [0, 0.05) is 19.4 Å². The third kappa shape index (κ3) is 1.49. The highest BCUT2D eigenvalue weighted by molar-refractivity contribution is 9.10. The minimum Gasteiger partial charge on any atom is -0.389 e. The second-order valence-electron chi connectivity index (χ2n) is 3.37. The average molecular weight is 271 g/mol. The van der Waals surface area contributed by atoms with Crippen molar-refractivity contribution in [3.05, 3.63) is 33.1 Å². The van der Waals surface area contributed by atoms with Crippen molar-refractivity contribution in [2.24, 2.45) is 0 Å². The van der Waals surface area contributed by atoms with E-state index in [4.69, 9.17) is 0 Å². The zero-order chi connectivity index (χ0) is 10.3. The molecule has 1 nitrogen and oxygen atoms in total. The highest BCUT2D eigenvalue weighted by atomic mass is 79.9. The molecule has 2 rings (SSSR count). The number of hydrogen-bond acceptors (Lipinski definition) is 2. The lowest BCUT2D eigenvalue weighted by molar-refractivity contribution is 0.201. The predicted octanol–water partition coefficient (Wildman–Crippen LogP) is 4.03. The molecule has 1 N–H and O–H groups in total. The van der Waals surface area contributed by atoms with E-state index in [1.54, 1.807) is 18.3 Å². The van der Waals surface area contributed by atoms with E-state index >= 15 is 0 Å². The van der Waals surface area contributed by atoms with Crippen LogP contribution in [0.5, 0.6) is 0 Å². The molecule has 1 atom stereocenters. The van der Waals surface area contributed by atoms with Crippen LogP contribution < -0.4 is 0 Å². The van der Waals surface area contributed by atoms with E-state index < -0.39 is 6.10 Å². The van der Waals surface area contributed by atoms with E-state index in [2.05, 4.69) is 28.9 Å². The Balaban J connectivity index is 2.81. The number of aliphatic hydroxyl groups excluding tert-OH is 1. The molecule has 0 aliphatic heterocycles. The van der Waals surface area contributed by atoms with Crippen molar-refractivity contribution in [2.75, 3.05) is 0 Å². The standard InChI is InChI=1S/C11H11BrOS/c1-6(13)8-4-3-5-9-10(12)7(2)14-11(8)9/h3-6,13H,1-2H3/t6-/m1/s1. The highest BCUT2D eigenvalue weighted by Crippen LogP contribution is 2.38. The first-order chi connectivity index (χ1) is 6.61. The van der Waals surface area contributed by atoms with E-state index in [9.17, 15) is 5.11 Å². The third-order valence-corrected chi connectivity index (χ3v) is 4.75. The molecule has 1 aromatic carbocycles. The number of aliphatic hydroxyl groups is 1. The van der Waals surface area contributed by atoms with Crippen LogP contribution in [0.15, 0.2) is 22.7 Å². The van der Waals surface area contributed by atoms with E-state index in [-0.39, 0.29) is 0 Å². The van der Waals surface area contributed by atoms with Gasteiger partial charge < -0.3 is 5.11 Å². The van der Waals surface area contributed by atoms with Gasteiger partial charge in [-0.3, -0.25) is 0 Å². The molecule has 0 aliphatic rings. The number of benzene rings is 1. The zero-order valence-corrected chi connectivity index (χ0v) is 10.4. The summed E-state index contributed by atoms with van der Waals surface area (Å²) in [6.07, 6.45) is -0.399. The van der Waals surface area contributed by atoms with Gasteiger partial charge in [-0.2, -0.15) is 0 Å². The second kappa shape index (κ2) is 3.65. The normalized spacial score (nSPS) is 13.4. The summed E-state index contributed by atoms with van der Waals surface area (Å²) in [4.78, 5) is 1.26. The molecule has 0 spiro atoms. The third-order valence-electron chi connectivity index (χ3n) is 2.30. The van der Waals surface area contributed by atoms with E-state index in [0.717, 1.165) is 10.0 Å². The number of thiophene rings is 1. The summed E-state index contributed by atoms with van der Waals surface area (Å²) < 4.78 is 2.34. The van der Waals surface area contributed by atoms with E-state index in [0.29, 0.717) is 0 Å². The van der Waals surface area contributed by atoms with Gasteiger partial charge in [-0.15, -0.1) is 11.3 Å². The summed E-state index contributed by atoms with van der Waals surface area (Å²) in [6.45, 7) is 3.89. The fourth-order valence-electron chi connectivity index (χ4n) is 1.56. The summed E-state index contributed by atoms with van der Waals surface area (Å²) in [7, 11) is 0. The molecule has 0 bridgehead atoms. The number of halogens is 1. The van der Waals surface area contributed by atoms with Gasteiger partial charge in [-0.25, -0.2) is 0 Å². The summed E-state index contributed by atoms with van der Waals surface area (Å²) in [6, 6.07) is 6.05. The SMILES string of the molecule is Cc1sc2c([C@@H](C)O)cccc2c1Br. The number of aryl methyl sites for hydroxylation is 1. The fraction of sp³-hybridized carbons (Fsp3) is 0.273. The summed E-state index contributed by atoms with van der Waals surface area (Å²) in [5.74, 6) is 0. The summed E-state index contributed by atoms with van der Waals surface area (Å²) in [5.41, 5.74) is 1.02. The molecule has 0 aliphatic carbocycles. The number of hydrogen-bond donors (Lipinski definition) is 1. The van der Waals surface area contributed by atoms with E-state index in [1.165, 1.54) is 15.0 Å². The van der Waals surface area contributed by atoms with Gasteiger partial charge >= 0.3 is 0 Å². The van der Waals surface area contributed by atoms with E-state index in [1.807, 2.05) is 12.1 Å². The first kappa shape index (κ1) is 10.1. The lowest BCUT2D eigenvalue weighted by Gasteiger charge is -2.05. The molecule has 0 fully saturated rings. The molecule has 0 saturated heterocycles. The molecule has 0 unspecified atom stereocenters. The molecular weight excluding hydrogens is 260 g/mol. The van der Waals surface area contributed by atoms with Gasteiger partial charge in [0.15, 0.2) is 0 Å². The van der Waals surface area contributed by atoms with Gasteiger partial charge in [-0.1, -0.05) is 18.2 Å². The Morgan fingerprint density at radius 3 is 2.79 bits per heavy atom. The number of rotatable bonds is 1. The van der Waals surface area contributed by atoms with Crippen molar-refractivity contribution in [3.8, 4) is 0 Å². The first-order valence-electron chi connectivity index (χ1n) is 4.47. The molecule has 1 heterocycles. The van der Waals surface area contributed by atoms with Crippen LogP contribution in [-0.4, -0.2) is 5.11 Å². The minimum absolute atomic E-state index is 0.399. The molecule has 0 amide bonds. The molecule has 2 aromatic rings. The zero-order valence-electron chi connectivity index (χ0n) is 8.04. The molecule has 1 aromatic heterocycles. The van der Waals surface area contributed by atoms with Crippen molar-refractivity contribution in [2.45, 2.75) is 20.0 Å². The Bertz CT molecular complexity index is 473. The number of fused-ring (bicyclic) bond motifs is 1. The molecule has 0 radical (unpaired) electrons. The van der Waals surface area contributed by atoms with Crippen LogP contribution in [0.4, 0.5) is 0 Å². The molecule has 14 heavy (non-hydrogen) atoms. The Morgan fingerprint density at radius 1 is 1.43 bits per heavy atom. The van der Waals surface area contributed by atoms with Gasteiger partial charge in [0.25, 0.3) is 0 Å². The van der Waals surface area contributed by atoms with Gasteiger partial charge in [-0.05, 0) is 35.3 Å². The summed E-state index contributed by atoms with van der Waals surface area (Å²) >= 11 is 5.29. The average Bonchev–Trinajstić information content (AvgIpc) is 2.43. The Hall–Kier alpha value is -0.380. The van der Waals surface area contributed by atoms with Gasteiger partial charge in [0.05, 0.1) is 6.10 Å². The summed E-state index contributed by atoms with van der Waals surface area (Å²) in [5, 5.41) is 10.8. The molecule has 74 valence electrons. The van der Waals surface area contributed by atoms with Crippen molar-refractivity contribution < 1.29 is 5.11 Å². The molecular formula is C11H11BrOS. The maximum atomic E-state index is 9.61. The topological polar surface area (TPSA) is 20.2 Å². The maximum Gasteiger partial charge on any atom is 0.0775 e. The van der Waals surface area contributed by atoms with Crippen LogP contribution in [0, 0.1) is 6.92 Å². The van der Waals surface area contributed by atoms with Crippen LogP contribution >= 0.6 is 27.3 Å². The highest BCUT2D eigenvalue weighted by Gasteiger charge is 2.12. The smallest absolute Gasteiger partial charge is 0.0775 e. The van der Waals surface area contributed by atoms with Gasteiger partial charge in [0.2, 0.25) is 0 Å². The minimum atomic E-state index is -0.399. The second-order valence-corrected chi connectivity index (χ2v) is 5.39. The Kier molecular flexibility index (Phi) is 2.64. The lowest BCUT2D eigenvalue weighted by Crippen LogP contribution is -1.89. The molecule has 0 saturated carbocycles.